The normalized spacial score (nSPS) is 24.4. The number of thioether (sulfide) groups is 1. The Morgan fingerprint density at radius 1 is 1.32 bits per heavy atom. The van der Waals surface area contributed by atoms with E-state index >= 15 is 0 Å². The number of benzene rings is 1. The maximum Gasteiger partial charge on any atom is 0.330 e. The van der Waals surface area contributed by atoms with Crippen LogP contribution in [-0.2, 0) is 25.7 Å². The number of ether oxygens (including phenoxy) is 1. The van der Waals surface area contributed by atoms with Crippen LogP contribution in [0.25, 0.3) is 0 Å². The molecule has 3 atom stereocenters. The topological polar surface area (TPSA) is 105 Å². The number of urea groups is 1. The van der Waals surface area contributed by atoms with E-state index in [1.165, 1.54) is 6.92 Å². The van der Waals surface area contributed by atoms with Gasteiger partial charge in [0.25, 0.3) is 5.91 Å². The van der Waals surface area contributed by atoms with Gasteiger partial charge in [-0.25, -0.2) is 9.59 Å². The summed E-state index contributed by atoms with van der Waals surface area (Å²) in [5, 5.41) is 4.72. The van der Waals surface area contributed by atoms with Crippen LogP contribution in [0.5, 0.6) is 0 Å². The average Bonchev–Trinajstić information content (AvgIpc) is 3.16. The second kappa shape index (κ2) is 8.22. The summed E-state index contributed by atoms with van der Waals surface area (Å²) in [7, 11) is 0. The zero-order valence-corrected chi connectivity index (χ0v) is 16.6. The number of fused-ring (bicyclic) bond motifs is 1. The fourth-order valence-corrected chi connectivity index (χ4v) is 4.75. The number of carbonyl (C=O) groups is 4. The monoisotopic (exact) mass is 405 g/mol. The molecule has 9 heteroatoms. The molecule has 0 spiro atoms. The van der Waals surface area contributed by atoms with E-state index in [4.69, 9.17) is 4.74 Å². The van der Waals surface area contributed by atoms with Gasteiger partial charge in [-0.05, 0) is 25.8 Å². The first-order chi connectivity index (χ1) is 13.3. The quantitative estimate of drug-likeness (QED) is 0.718. The van der Waals surface area contributed by atoms with Gasteiger partial charge in [-0.2, -0.15) is 0 Å². The second-order valence-corrected chi connectivity index (χ2v) is 8.50. The molecular formula is C19H23N3O5S. The van der Waals surface area contributed by atoms with Crippen LogP contribution >= 0.6 is 11.8 Å². The standard InChI is InChI=1S/C19H23N3O5S/c1-12(16(24)21-18(26)20-10-13-6-4-3-5-7-13)27-17(25)14-11-28-19(2)9-8-15(23)22(14)19/h3-7,12,14H,8-11H2,1-2H3,(H2,20,21,24,26)/t12-,14+,19-/m0/s1. The largest absolute Gasteiger partial charge is 0.451 e. The van der Waals surface area contributed by atoms with E-state index in [0.717, 1.165) is 5.56 Å². The van der Waals surface area contributed by atoms with Crippen LogP contribution in [0.15, 0.2) is 30.3 Å². The van der Waals surface area contributed by atoms with Gasteiger partial charge in [-0.3, -0.25) is 14.9 Å². The first-order valence-corrected chi connectivity index (χ1v) is 10.1. The predicted molar refractivity (Wildman–Crippen MR) is 103 cm³/mol. The molecule has 2 fully saturated rings. The molecule has 2 N–H and O–H groups in total. The van der Waals surface area contributed by atoms with Crippen molar-refractivity contribution in [2.75, 3.05) is 5.75 Å². The molecule has 1 aromatic carbocycles. The summed E-state index contributed by atoms with van der Waals surface area (Å²) in [5.41, 5.74) is 0.890. The molecule has 150 valence electrons. The van der Waals surface area contributed by atoms with Crippen LogP contribution in [0.1, 0.15) is 32.3 Å². The van der Waals surface area contributed by atoms with Gasteiger partial charge in [0.2, 0.25) is 5.91 Å². The minimum absolute atomic E-state index is 0.0770. The minimum atomic E-state index is -1.15. The number of amides is 4. The fourth-order valence-electron chi connectivity index (χ4n) is 3.34. The van der Waals surface area contributed by atoms with E-state index in [-0.39, 0.29) is 17.3 Å². The number of nitrogens with zero attached hydrogens (tertiary/aromatic N) is 1. The Labute approximate surface area is 167 Å². The van der Waals surface area contributed by atoms with Crippen LogP contribution in [0, 0.1) is 0 Å². The lowest BCUT2D eigenvalue weighted by Crippen LogP contribution is -2.49. The van der Waals surface area contributed by atoms with Crippen LogP contribution in [0.3, 0.4) is 0 Å². The molecule has 3 rings (SSSR count). The van der Waals surface area contributed by atoms with Crippen molar-refractivity contribution in [3.05, 3.63) is 35.9 Å². The highest BCUT2D eigenvalue weighted by Gasteiger charge is 2.53. The Morgan fingerprint density at radius 3 is 2.75 bits per heavy atom. The molecule has 2 heterocycles. The van der Waals surface area contributed by atoms with Gasteiger partial charge in [0, 0.05) is 18.7 Å². The summed E-state index contributed by atoms with van der Waals surface area (Å²) in [6, 6.07) is 7.88. The Bertz CT molecular complexity index is 787. The Balaban J connectivity index is 1.48. The number of rotatable bonds is 5. The van der Waals surface area contributed by atoms with E-state index in [1.807, 2.05) is 37.3 Å². The number of hydrogen-bond donors (Lipinski definition) is 2. The number of hydrogen-bond acceptors (Lipinski definition) is 6. The summed E-state index contributed by atoms with van der Waals surface area (Å²) in [6.45, 7) is 3.59. The fraction of sp³-hybridized carbons (Fsp3) is 0.474. The first-order valence-electron chi connectivity index (χ1n) is 9.09. The van der Waals surface area contributed by atoms with Gasteiger partial charge in [0.05, 0.1) is 4.87 Å². The molecule has 4 amide bonds. The van der Waals surface area contributed by atoms with Crippen molar-refractivity contribution in [2.24, 2.45) is 0 Å². The second-order valence-electron chi connectivity index (χ2n) is 7.00. The Hall–Kier alpha value is -2.55. The van der Waals surface area contributed by atoms with Crippen LogP contribution in [0.2, 0.25) is 0 Å². The molecule has 0 aromatic heterocycles. The lowest BCUT2D eigenvalue weighted by Gasteiger charge is -2.29. The average molecular weight is 405 g/mol. The zero-order chi connectivity index (χ0) is 20.3. The van der Waals surface area contributed by atoms with Crippen molar-refractivity contribution in [2.45, 2.75) is 50.3 Å². The van der Waals surface area contributed by atoms with Gasteiger partial charge >= 0.3 is 12.0 Å². The van der Waals surface area contributed by atoms with E-state index in [1.54, 1.807) is 16.7 Å². The maximum absolute atomic E-state index is 12.5. The van der Waals surface area contributed by atoms with Crippen molar-refractivity contribution in [3.8, 4) is 0 Å². The van der Waals surface area contributed by atoms with Crippen molar-refractivity contribution in [3.63, 3.8) is 0 Å². The number of esters is 1. The van der Waals surface area contributed by atoms with Crippen LogP contribution in [0.4, 0.5) is 4.79 Å². The molecule has 0 radical (unpaired) electrons. The van der Waals surface area contributed by atoms with Crippen molar-refractivity contribution >= 4 is 35.6 Å². The summed E-state index contributed by atoms with van der Waals surface area (Å²) in [6.07, 6.45) is -0.0486. The van der Waals surface area contributed by atoms with E-state index in [9.17, 15) is 19.2 Å². The van der Waals surface area contributed by atoms with Crippen molar-refractivity contribution in [1.82, 2.24) is 15.5 Å². The Kier molecular flexibility index (Phi) is 5.93. The smallest absolute Gasteiger partial charge is 0.330 e. The third kappa shape index (κ3) is 4.30. The molecule has 2 aliphatic rings. The summed E-state index contributed by atoms with van der Waals surface area (Å²) >= 11 is 1.55. The SMILES string of the molecule is C[C@H](OC(=O)[C@H]1CS[C@@]2(C)CCC(=O)N12)C(=O)NC(=O)NCc1ccccc1. The predicted octanol–water partition coefficient (Wildman–Crippen LogP) is 1.40. The van der Waals surface area contributed by atoms with Crippen LogP contribution < -0.4 is 10.6 Å². The zero-order valence-electron chi connectivity index (χ0n) is 15.8. The van der Waals surface area contributed by atoms with Gasteiger partial charge in [-0.15, -0.1) is 11.8 Å². The molecule has 2 saturated heterocycles. The van der Waals surface area contributed by atoms with Gasteiger partial charge in [-0.1, -0.05) is 30.3 Å². The van der Waals surface area contributed by atoms with E-state index in [0.29, 0.717) is 18.6 Å². The number of imide groups is 1. The highest BCUT2D eigenvalue weighted by molar-refractivity contribution is 8.01. The van der Waals surface area contributed by atoms with E-state index < -0.39 is 30.1 Å². The number of carbonyl (C=O) groups excluding carboxylic acids is 4. The summed E-state index contributed by atoms with van der Waals surface area (Å²) < 4.78 is 5.22. The lowest BCUT2D eigenvalue weighted by molar-refractivity contribution is -0.161. The molecule has 8 nitrogen and oxygen atoms in total. The van der Waals surface area contributed by atoms with Crippen molar-refractivity contribution < 1.29 is 23.9 Å². The highest BCUT2D eigenvalue weighted by Crippen LogP contribution is 2.47. The molecule has 0 bridgehead atoms. The molecule has 0 unspecified atom stereocenters. The molecular weight excluding hydrogens is 382 g/mol. The molecule has 0 saturated carbocycles. The van der Waals surface area contributed by atoms with Gasteiger partial charge in [0.15, 0.2) is 6.10 Å². The lowest BCUT2D eigenvalue weighted by atomic mass is 10.2. The molecule has 28 heavy (non-hydrogen) atoms. The molecule has 1 aromatic rings. The minimum Gasteiger partial charge on any atom is -0.451 e. The third-order valence-electron chi connectivity index (χ3n) is 4.91. The van der Waals surface area contributed by atoms with Crippen molar-refractivity contribution in [1.29, 1.82) is 0 Å². The summed E-state index contributed by atoms with van der Waals surface area (Å²) in [5.74, 6) is -0.988. The number of nitrogens with one attached hydrogen (secondary N) is 2. The van der Waals surface area contributed by atoms with Gasteiger partial charge in [0.1, 0.15) is 6.04 Å². The van der Waals surface area contributed by atoms with Crippen LogP contribution in [-0.4, -0.2) is 51.5 Å². The molecule has 0 aliphatic carbocycles. The van der Waals surface area contributed by atoms with E-state index in [2.05, 4.69) is 10.6 Å². The highest BCUT2D eigenvalue weighted by atomic mass is 32.2. The van der Waals surface area contributed by atoms with Gasteiger partial charge < -0.3 is 15.0 Å². The first kappa shape index (κ1) is 20.2. The Morgan fingerprint density at radius 2 is 2.04 bits per heavy atom. The molecule has 2 aliphatic heterocycles. The maximum atomic E-state index is 12.5. The third-order valence-corrected chi connectivity index (χ3v) is 6.42. The summed E-state index contributed by atoms with van der Waals surface area (Å²) in [4.78, 5) is 49.8.